The van der Waals surface area contributed by atoms with E-state index in [4.69, 9.17) is 4.52 Å². The first-order valence-corrected chi connectivity index (χ1v) is 7.93. The topological polar surface area (TPSA) is 75.4 Å². The summed E-state index contributed by atoms with van der Waals surface area (Å²) in [6, 6.07) is 1.65. The van der Waals surface area contributed by atoms with E-state index in [0.717, 1.165) is 19.3 Å². The number of amides is 2. The van der Waals surface area contributed by atoms with Gasteiger partial charge in [0, 0.05) is 19.0 Å². The summed E-state index contributed by atoms with van der Waals surface area (Å²) in [5, 5.41) is 6.38. The van der Waals surface area contributed by atoms with Crippen molar-refractivity contribution in [1.82, 2.24) is 10.1 Å². The number of anilines is 1. The molecule has 1 rings (SSSR count). The standard InChI is InChI=1S/C16H27N3O3/c1-5-6-7-16(21)19(9-8-12(2)3)11-15(20)17-14-10-13(4)22-18-14/h10,12H,5-9,11H2,1-4H3,(H,17,18,20). The van der Waals surface area contributed by atoms with Gasteiger partial charge in [0.2, 0.25) is 11.8 Å². The molecule has 1 heterocycles. The highest BCUT2D eigenvalue weighted by Gasteiger charge is 2.17. The largest absolute Gasteiger partial charge is 0.360 e. The molecule has 22 heavy (non-hydrogen) atoms. The van der Waals surface area contributed by atoms with Crippen LogP contribution >= 0.6 is 0 Å². The number of hydrogen-bond donors (Lipinski definition) is 1. The number of carbonyl (C=O) groups excluding carboxylic acids is 2. The molecule has 0 saturated heterocycles. The SMILES string of the molecule is CCCCC(=O)N(CCC(C)C)CC(=O)Nc1cc(C)on1. The van der Waals surface area contributed by atoms with Crippen LogP contribution in [0.4, 0.5) is 5.82 Å². The Hall–Kier alpha value is -1.85. The van der Waals surface area contributed by atoms with Gasteiger partial charge in [-0.1, -0.05) is 32.3 Å². The van der Waals surface area contributed by atoms with Crippen LogP contribution in [0.25, 0.3) is 0 Å². The summed E-state index contributed by atoms with van der Waals surface area (Å²) in [4.78, 5) is 25.9. The molecule has 0 spiro atoms. The number of hydrogen-bond acceptors (Lipinski definition) is 4. The first-order valence-electron chi connectivity index (χ1n) is 7.93. The van der Waals surface area contributed by atoms with Crippen LogP contribution in [0.3, 0.4) is 0 Å². The molecule has 2 amide bonds. The van der Waals surface area contributed by atoms with Crippen LogP contribution in [0.15, 0.2) is 10.6 Å². The molecule has 0 aliphatic heterocycles. The van der Waals surface area contributed by atoms with Crippen molar-refractivity contribution in [3.63, 3.8) is 0 Å². The van der Waals surface area contributed by atoms with Crippen LogP contribution in [-0.4, -0.2) is 35.0 Å². The summed E-state index contributed by atoms with van der Waals surface area (Å²) in [6.07, 6.45) is 3.19. The summed E-state index contributed by atoms with van der Waals surface area (Å²) in [5.74, 6) is 1.29. The van der Waals surface area contributed by atoms with E-state index in [1.165, 1.54) is 0 Å². The molecule has 0 atom stereocenters. The van der Waals surface area contributed by atoms with Crippen molar-refractivity contribution in [1.29, 1.82) is 0 Å². The highest BCUT2D eigenvalue weighted by molar-refractivity contribution is 5.93. The van der Waals surface area contributed by atoms with Gasteiger partial charge in [-0.3, -0.25) is 9.59 Å². The number of carbonyl (C=O) groups is 2. The third kappa shape index (κ3) is 6.74. The summed E-state index contributed by atoms with van der Waals surface area (Å²) in [7, 11) is 0. The van der Waals surface area contributed by atoms with Crippen LogP contribution in [0, 0.1) is 12.8 Å². The van der Waals surface area contributed by atoms with Gasteiger partial charge >= 0.3 is 0 Å². The molecule has 1 aromatic heterocycles. The van der Waals surface area contributed by atoms with Gasteiger partial charge in [-0.25, -0.2) is 0 Å². The Balaban J connectivity index is 2.57. The molecule has 0 radical (unpaired) electrons. The predicted octanol–water partition coefficient (Wildman–Crippen LogP) is 2.99. The van der Waals surface area contributed by atoms with E-state index in [2.05, 4.69) is 24.3 Å². The molecular formula is C16H27N3O3. The minimum Gasteiger partial charge on any atom is -0.360 e. The lowest BCUT2D eigenvalue weighted by atomic mass is 10.1. The van der Waals surface area contributed by atoms with Crippen molar-refractivity contribution in [3.8, 4) is 0 Å². The van der Waals surface area contributed by atoms with Crippen molar-refractivity contribution in [2.24, 2.45) is 5.92 Å². The van der Waals surface area contributed by atoms with Crippen LogP contribution < -0.4 is 5.32 Å². The molecule has 0 saturated carbocycles. The second-order valence-corrected chi connectivity index (χ2v) is 5.97. The van der Waals surface area contributed by atoms with Crippen LogP contribution in [0.2, 0.25) is 0 Å². The lowest BCUT2D eigenvalue weighted by molar-refractivity contribution is -0.135. The minimum atomic E-state index is -0.248. The van der Waals surface area contributed by atoms with Crippen LogP contribution in [-0.2, 0) is 9.59 Å². The highest BCUT2D eigenvalue weighted by atomic mass is 16.5. The van der Waals surface area contributed by atoms with E-state index < -0.39 is 0 Å². The molecular weight excluding hydrogens is 282 g/mol. The Morgan fingerprint density at radius 2 is 2.14 bits per heavy atom. The van der Waals surface area contributed by atoms with E-state index in [0.29, 0.717) is 30.5 Å². The average Bonchev–Trinajstić information content (AvgIpc) is 2.85. The van der Waals surface area contributed by atoms with Gasteiger partial charge < -0.3 is 14.7 Å². The first-order chi connectivity index (χ1) is 10.4. The Bertz CT molecular complexity index is 483. The quantitative estimate of drug-likeness (QED) is 0.761. The maximum Gasteiger partial charge on any atom is 0.245 e. The monoisotopic (exact) mass is 309 g/mol. The Kier molecular flexibility index (Phi) is 7.63. The summed E-state index contributed by atoms with van der Waals surface area (Å²) >= 11 is 0. The van der Waals surface area contributed by atoms with Crippen LogP contribution in [0.5, 0.6) is 0 Å². The number of rotatable bonds is 9. The van der Waals surface area contributed by atoms with Crippen molar-refractivity contribution >= 4 is 17.6 Å². The normalized spacial score (nSPS) is 10.8. The predicted molar refractivity (Wildman–Crippen MR) is 85.4 cm³/mol. The lowest BCUT2D eigenvalue weighted by Gasteiger charge is -2.23. The van der Waals surface area contributed by atoms with Crippen molar-refractivity contribution in [2.45, 2.75) is 53.4 Å². The van der Waals surface area contributed by atoms with Gasteiger partial charge in [0.25, 0.3) is 0 Å². The van der Waals surface area contributed by atoms with Crippen molar-refractivity contribution in [2.75, 3.05) is 18.4 Å². The number of unbranched alkanes of at least 4 members (excludes halogenated alkanes) is 1. The lowest BCUT2D eigenvalue weighted by Crippen LogP contribution is -2.39. The fraction of sp³-hybridized carbons (Fsp3) is 0.688. The Morgan fingerprint density at radius 3 is 2.68 bits per heavy atom. The van der Waals surface area contributed by atoms with Crippen molar-refractivity contribution in [3.05, 3.63) is 11.8 Å². The molecule has 1 N–H and O–H groups in total. The van der Waals surface area contributed by atoms with Crippen LogP contribution in [0.1, 0.15) is 52.2 Å². The minimum absolute atomic E-state index is 0.0361. The number of nitrogens with one attached hydrogen (secondary N) is 1. The molecule has 0 bridgehead atoms. The highest BCUT2D eigenvalue weighted by Crippen LogP contribution is 2.09. The number of nitrogens with zero attached hydrogens (tertiary/aromatic N) is 2. The maximum atomic E-state index is 12.2. The average molecular weight is 309 g/mol. The third-order valence-corrected chi connectivity index (χ3v) is 3.30. The molecule has 6 heteroatoms. The molecule has 6 nitrogen and oxygen atoms in total. The molecule has 1 aromatic rings. The van der Waals surface area contributed by atoms with E-state index in [9.17, 15) is 9.59 Å². The zero-order chi connectivity index (χ0) is 16.5. The van der Waals surface area contributed by atoms with E-state index in [1.807, 2.05) is 6.92 Å². The zero-order valence-corrected chi connectivity index (χ0v) is 14.0. The fourth-order valence-corrected chi connectivity index (χ4v) is 1.97. The second-order valence-electron chi connectivity index (χ2n) is 5.97. The smallest absolute Gasteiger partial charge is 0.245 e. The fourth-order valence-electron chi connectivity index (χ4n) is 1.97. The van der Waals surface area contributed by atoms with Gasteiger partial charge in [-0.05, 0) is 25.7 Å². The van der Waals surface area contributed by atoms with E-state index >= 15 is 0 Å². The maximum absolute atomic E-state index is 12.2. The van der Waals surface area contributed by atoms with Gasteiger partial charge in [0.1, 0.15) is 5.76 Å². The summed E-state index contributed by atoms with van der Waals surface area (Å²) in [5.41, 5.74) is 0. The van der Waals surface area contributed by atoms with Crippen molar-refractivity contribution < 1.29 is 14.1 Å². The molecule has 124 valence electrons. The molecule has 0 aliphatic rings. The summed E-state index contributed by atoms with van der Waals surface area (Å²) in [6.45, 7) is 8.67. The number of aryl methyl sites for hydroxylation is 1. The Labute approximate surface area is 132 Å². The summed E-state index contributed by atoms with van der Waals surface area (Å²) < 4.78 is 4.90. The van der Waals surface area contributed by atoms with Gasteiger partial charge in [0.05, 0.1) is 6.54 Å². The zero-order valence-electron chi connectivity index (χ0n) is 14.0. The Morgan fingerprint density at radius 1 is 1.41 bits per heavy atom. The molecule has 0 fully saturated rings. The molecule has 0 aliphatic carbocycles. The van der Waals surface area contributed by atoms with Gasteiger partial charge in [-0.2, -0.15) is 0 Å². The second kappa shape index (κ2) is 9.23. The van der Waals surface area contributed by atoms with E-state index in [1.54, 1.807) is 17.9 Å². The number of aromatic nitrogens is 1. The molecule has 0 aromatic carbocycles. The first kappa shape index (κ1) is 18.2. The van der Waals surface area contributed by atoms with E-state index in [-0.39, 0.29) is 18.4 Å². The molecule has 0 unspecified atom stereocenters. The third-order valence-electron chi connectivity index (χ3n) is 3.30. The van der Waals surface area contributed by atoms with Gasteiger partial charge in [0.15, 0.2) is 5.82 Å². The van der Waals surface area contributed by atoms with Gasteiger partial charge in [-0.15, -0.1) is 0 Å².